The second kappa shape index (κ2) is 10.9. The summed E-state index contributed by atoms with van der Waals surface area (Å²) in [7, 11) is 1.69. The summed E-state index contributed by atoms with van der Waals surface area (Å²) in [4.78, 5) is 6.64. The number of nitrogens with zero attached hydrogens (tertiary/aromatic N) is 2. The van der Waals surface area contributed by atoms with Gasteiger partial charge in [0.05, 0.1) is 6.61 Å². The van der Waals surface area contributed by atoms with E-state index in [2.05, 4.69) is 27.4 Å². The zero-order valence-electron chi connectivity index (χ0n) is 16.3. The first-order valence-electron chi connectivity index (χ1n) is 9.43. The highest BCUT2D eigenvalue weighted by Gasteiger charge is 2.21. The molecule has 1 atom stereocenters. The van der Waals surface area contributed by atoms with Gasteiger partial charge in [0.1, 0.15) is 0 Å². The number of guanidine groups is 1. The predicted molar refractivity (Wildman–Crippen MR) is 103 cm³/mol. The average Bonchev–Trinajstić information content (AvgIpc) is 3.12. The Balaban J connectivity index is 1.94. The lowest BCUT2D eigenvalue weighted by molar-refractivity contribution is -0.0520. The van der Waals surface area contributed by atoms with E-state index in [0.29, 0.717) is 36.3 Å². The summed E-state index contributed by atoms with van der Waals surface area (Å²) in [5.74, 6) is 1.59. The fourth-order valence-corrected chi connectivity index (χ4v) is 3.20. The van der Waals surface area contributed by atoms with E-state index in [-0.39, 0.29) is 5.75 Å². The summed E-state index contributed by atoms with van der Waals surface area (Å²) in [6.07, 6.45) is 1.17. The van der Waals surface area contributed by atoms with Crippen LogP contribution >= 0.6 is 0 Å². The highest BCUT2D eigenvalue weighted by Crippen LogP contribution is 2.32. The minimum absolute atomic E-state index is 0.0617. The molecule has 0 radical (unpaired) electrons. The largest absolute Gasteiger partial charge is 0.490 e. The van der Waals surface area contributed by atoms with E-state index >= 15 is 0 Å². The van der Waals surface area contributed by atoms with Crippen molar-refractivity contribution in [3.05, 3.63) is 23.8 Å². The molecule has 8 heteroatoms. The van der Waals surface area contributed by atoms with Crippen molar-refractivity contribution >= 4 is 5.96 Å². The smallest absolute Gasteiger partial charge is 0.387 e. The number of ether oxygens (including phenoxy) is 2. The molecule has 1 heterocycles. The van der Waals surface area contributed by atoms with Crippen molar-refractivity contribution in [2.75, 3.05) is 39.8 Å². The molecular formula is C19H30F2N4O2. The van der Waals surface area contributed by atoms with Crippen molar-refractivity contribution in [1.29, 1.82) is 0 Å². The van der Waals surface area contributed by atoms with Crippen LogP contribution in [-0.2, 0) is 6.54 Å². The Hall–Kier alpha value is -2.09. The Morgan fingerprint density at radius 1 is 1.33 bits per heavy atom. The molecule has 1 aromatic rings. The van der Waals surface area contributed by atoms with Gasteiger partial charge in [-0.1, -0.05) is 19.1 Å². The number of para-hydroxylation sites is 1. The standard InChI is InChI=1S/C19H30F2N4O2/c1-4-25-10-9-14(13-25)11-23-19(22-3)24-12-15-7-6-8-16(26-5-2)17(15)27-18(20)21/h6-8,14,18H,4-5,9-13H2,1-3H3,(H2,22,23,24). The number of benzene rings is 1. The number of aliphatic imine (C=N–C) groups is 1. The van der Waals surface area contributed by atoms with Gasteiger partial charge >= 0.3 is 6.61 Å². The number of likely N-dealkylation sites (tertiary alicyclic amines) is 1. The molecule has 1 aliphatic rings. The highest BCUT2D eigenvalue weighted by molar-refractivity contribution is 5.79. The van der Waals surface area contributed by atoms with Crippen LogP contribution < -0.4 is 20.1 Å². The van der Waals surface area contributed by atoms with Crippen LogP contribution in [0.4, 0.5) is 8.78 Å². The molecule has 27 heavy (non-hydrogen) atoms. The maximum atomic E-state index is 12.8. The molecule has 6 nitrogen and oxygen atoms in total. The van der Waals surface area contributed by atoms with Crippen LogP contribution in [-0.4, -0.2) is 57.3 Å². The van der Waals surface area contributed by atoms with E-state index in [0.717, 1.165) is 26.2 Å². The van der Waals surface area contributed by atoms with Gasteiger partial charge in [-0.05, 0) is 38.4 Å². The zero-order valence-corrected chi connectivity index (χ0v) is 16.3. The van der Waals surface area contributed by atoms with E-state index in [1.54, 1.807) is 32.2 Å². The Morgan fingerprint density at radius 2 is 2.15 bits per heavy atom. The molecule has 1 aliphatic heterocycles. The molecular weight excluding hydrogens is 354 g/mol. The molecule has 0 aromatic heterocycles. The number of halogens is 2. The van der Waals surface area contributed by atoms with Gasteiger partial charge in [0.15, 0.2) is 17.5 Å². The molecule has 1 fully saturated rings. The molecule has 0 aliphatic carbocycles. The van der Waals surface area contributed by atoms with Gasteiger partial charge in [-0.2, -0.15) is 8.78 Å². The van der Waals surface area contributed by atoms with E-state index in [4.69, 9.17) is 9.47 Å². The van der Waals surface area contributed by atoms with Crippen LogP contribution in [0, 0.1) is 5.92 Å². The molecule has 1 saturated heterocycles. The summed E-state index contributed by atoms with van der Waals surface area (Å²) in [6.45, 7) is 5.85. The minimum Gasteiger partial charge on any atom is -0.490 e. The molecule has 0 amide bonds. The Morgan fingerprint density at radius 3 is 2.78 bits per heavy atom. The van der Waals surface area contributed by atoms with Crippen LogP contribution in [0.15, 0.2) is 23.2 Å². The highest BCUT2D eigenvalue weighted by atomic mass is 19.3. The Labute approximate surface area is 159 Å². The zero-order chi connectivity index (χ0) is 19.6. The Kier molecular flexibility index (Phi) is 8.57. The third-order valence-corrected chi connectivity index (χ3v) is 4.61. The lowest BCUT2D eigenvalue weighted by Gasteiger charge is -2.18. The van der Waals surface area contributed by atoms with Gasteiger partial charge in [0.25, 0.3) is 0 Å². The van der Waals surface area contributed by atoms with Gasteiger partial charge in [-0.3, -0.25) is 4.99 Å². The van der Waals surface area contributed by atoms with Crippen LogP contribution in [0.5, 0.6) is 11.5 Å². The van der Waals surface area contributed by atoms with Crippen molar-refractivity contribution in [3.63, 3.8) is 0 Å². The van der Waals surface area contributed by atoms with Gasteiger partial charge in [0.2, 0.25) is 0 Å². The quantitative estimate of drug-likeness (QED) is 0.506. The number of hydrogen-bond donors (Lipinski definition) is 2. The van der Waals surface area contributed by atoms with E-state index in [1.165, 1.54) is 6.42 Å². The van der Waals surface area contributed by atoms with Gasteiger partial charge in [-0.15, -0.1) is 0 Å². The summed E-state index contributed by atoms with van der Waals surface area (Å²) < 4.78 is 35.7. The van der Waals surface area contributed by atoms with Crippen molar-refractivity contribution < 1.29 is 18.3 Å². The molecule has 1 aromatic carbocycles. The Bertz CT molecular complexity index is 613. The van der Waals surface area contributed by atoms with Crippen LogP contribution in [0.25, 0.3) is 0 Å². The van der Waals surface area contributed by atoms with Gasteiger partial charge in [-0.25, -0.2) is 0 Å². The van der Waals surface area contributed by atoms with E-state index < -0.39 is 6.61 Å². The van der Waals surface area contributed by atoms with Gasteiger partial charge in [0, 0.05) is 32.2 Å². The number of alkyl halides is 2. The van der Waals surface area contributed by atoms with Crippen molar-refractivity contribution in [3.8, 4) is 11.5 Å². The normalized spacial score (nSPS) is 18.0. The topological polar surface area (TPSA) is 58.1 Å². The fraction of sp³-hybridized carbons (Fsp3) is 0.632. The number of rotatable bonds is 9. The third-order valence-electron chi connectivity index (χ3n) is 4.61. The summed E-state index contributed by atoms with van der Waals surface area (Å²) in [5, 5.41) is 6.48. The second-order valence-electron chi connectivity index (χ2n) is 6.41. The number of nitrogens with one attached hydrogen (secondary N) is 2. The molecule has 2 rings (SSSR count). The summed E-state index contributed by atoms with van der Waals surface area (Å²) >= 11 is 0. The first kappa shape index (κ1) is 21.2. The lowest BCUT2D eigenvalue weighted by atomic mass is 10.1. The first-order chi connectivity index (χ1) is 13.1. The van der Waals surface area contributed by atoms with Crippen molar-refractivity contribution in [2.45, 2.75) is 33.4 Å². The molecule has 0 spiro atoms. The minimum atomic E-state index is -2.91. The number of hydrogen-bond acceptors (Lipinski definition) is 4. The SMILES string of the molecule is CCOc1cccc(CNC(=NC)NCC2CCN(CC)C2)c1OC(F)F. The summed E-state index contributed by atoms with van der Waals surface area (Å²) in [5.41, 5.74) is 0.585. The van der Waals surface area contributed by atoms with Crippen LogP contribution in [0.3, 0.4) is 0 Å². The third kappa shape index (κ3) is 6.53. The lowest BCUT2D eigenvalue weighted by Crippen LogP contribution is -2.40. The average molecular weight is 384 g/mol. The fourth-order valence-electron chi connectivity index (χ4n) is 3.20. The monoisotopic (exact) mass is 384 g/mol. The summed E-state index contributed by atoms with van der Waals surface area (Å²) in [6, 6.07) is 5.11. The van der Waals surface area contributed by atoms with Gasteiger partial charge < -0.3 is 25.0 Å². The first-order valence-corrected chi connectivity index (χ1v) is 9.43. The maximum Gasteiger partial charge on any atom is 0.387 e. The molecule has 152 valence electrons. The second-order valence-corrected chi connectivity index (χ2v) is 6.41. The maximum absolute atomic E-state index is 12.8. The molecule has 0 saturated carbocycles. The predicted octanol–water partition coefficient (Wildman–Crippen LogP) is 2.69. The molecule has 2 N–H and O–H groups in total. The van der Waals surface area contributed by atoms with E-state index in [9.17, 15) is 8.78 Å². The molecule has 1 unspecified atom stereocenters. The molecule has 0 bridgehead atoms. The van der Waals surface area contributed by atoms with Crippen LogP contribution in [0.2, 0.25) is 0 Å². The van der Waals surface area contributed by atoms with Crippen LogP contribution in [0.1, 0.15) is 25.8 Å². The van der Waals surface area contributed by atoms with Crippen molar-refractivity contribution in [2.24, 2.45) is 10.9 Å². The van der Waals surface area contributed by atoms with Crippen molar-refractivity contribution in [1.82, 2.24) is 15.5 Å². The van der Waals surface area contributed by atoms with E-state index in [1.807, 2.05) is 0 Å².